The number of hydrogen-bond acceptors (Lipinski definition) is 4. The molecule has 0 spiro atoms. The molecule has 1 amide bonds. The molecule has 0 radical (unpaired) electrons. The average Bonchev–Trinajstić information content (AvgIpc) is 2.66. The Balaban J connectivity index is 1.67. The van der Waals surface area contributed by atoms with E-state index in [0.717, 1.165) is 24.8 Å². The van der Waals surface area contributed by atoms with Gasteiger partial charge in [-0.25, -0.2) is 0 Å². The summed E-state index contributed by atoms with van der Waals surface area (Å²) in [5.41, 5.74) is 3.51. The van der Waals surface area contributed by atoms with Crippen LogP contribution in [0.3, 0.4) is 0 Å². The van der Waals surface area contributed by atoms with Gasteiger partial charge < -0.3 is 19.5 Å². The SMILES string of the molecule is COc1cc(C)cc(OC)c1OCC(=O)N[C@@H]1CCCc2ccccc21. The minimum Gasteiger partial charge on any atom is -0.493 e. The Morgan fingerprint density at radius 2 is 1.85 bits per heavy atom. The van der Waals surface area contributed by atoms with Crippen LogP contribution in [-0.2, 0) is 11.2 Å². The third-order valence-electron chi connectivity index (χ3n) is 4.66. The van der Waals surface area contributed by atoms with Gasteiger partial charge >= 0.3 is 0 Å². The topological polar surface area (TPSA) is 56.8 Å². The molecule has 5 nitrogen and oxygen atoms in total. The number of benzene rings is 2. The number of carbonyl (C=O) groups excluding carboxylic acids is 1. The number of rotatable bonds is 6. The van der Waals surface area contributed by atoms with E-state index in [1.165, 1.54) is 11.1 Å². The zero-order valence-corrected chi connectivity index (χ0v) is 15.5. The van der Waals surface area contributed by atoms with E-state index in [9.17, 15) is 4.79 Å². The summed E-state index contributed by atoms with van der Waals surface area (Å²) in [6, 6.07) is 12.0. The van der Waals surface area contributed by atoms with Crippen molar-refractivity contribution >= 4 is 5.91 Å². The highest BCUT2D eigenvalue weighted by Crippen LogP contribution is 2.38. The minimum absolute atomic E-state index is 0.0397. The van der Waals surface area contributed by atoms with Crippen molar-refractivity contribution in [1.82, 2.24) is 5.32 Å². The number of methoxy groups -OCH3 is 2. The van der Waals surface area contributed by atoms with E-state index in [1.54, 1.807) is 14.2 Å². The van der Waals surface area contributed by atoms with Crippen LogP contribution in [0.25, 0.3) is 0 Å². The lowest BCUT2D eigenvalue weighted by Crippen LogP contribution is -2.34. The molecule has 1 N–H and O–H groups in total. The zero-order valence-electron chi connectivity index (χ0n) is 15.5. The highest BCUT2D eigenvalue weighted by atomic mass is 16.5. The second kappa shape index (κ2) is 8.13. The molecule has 2 aromatic carbocycles. The van der Waals surface area contributed by atoms with Crippen LogP contribution in [-0.4, -0.2) is 26.7 Å². The number of hydrogen-bond donors (Lipinski definition) is 1. The zero-order chi connectivity index (χ0) is 18.5. The second-order valence-corrected chi connectivity index (χ2v) is 6.50. The maximum Gasteiger partial charge on any atom is 0.258 e. The number of fused-ring (bicyclic) bond motifs is 1. The van der Waals surface area contributed by atoms with E-state index in [2.05, 4.69) is 17.4 Å². The fourth-order valence-corrected chi connectivity index (χ4v) is 3.43. The van der Waals surface area contributed by atoms with Gasteiger partial charge in [-0.05, 0) is 55.0 Å². The summed E-state index contributed by atoms with van der Waals surface area (Å²) in [6.07, 6.45) is 3.08. The molecule has 0 bridgehead atoms. The summed E-state index contributed by atoms with van der Waals surface area (Å²) in [5, 5.41) is 3.09. The van der Waals surface area contributed by atoms with Crippen molar-refractivity contribution in [2.75, 3.05) is 20.8 Å². The Bertz CT molecular complexity index is 762. The van der Waals surface area contributed by atoms with Crippen molar-refractivity contribution in [3.63, 3.8) is 0 Å². The molecular weight excluding hydrogens is 330 g/mol. The predicted octanol–water partition coefficient (Wildman–Crippen LogP) is 3.58. The third-order valence-corrected chi connectivity index (χ3v) is 4.66. The van der Waals surface area contributed by atoms with Crippen LogP contribution < -0.4 is 19.5 Å². The Labute approximate surface area is 154 Å². The molecule has 0 aromatic heterocycles. The molecule has 0 aliphatic heterocycles. The summed E-state index contributed by atoms with van der Waals surface area (Å²) < 4.78 is 16.5. The summed E-state index contributed by atoms with van der Waals surface area (Å²) in [6.45, 7) is 1.86. The molecule has 0 saturated carbocycles. The average molecular weight is 355 g/mol. The van der Waals surface area contributed by atoms with Crippen LogP contribution in [0, 0.1) is 6.92 Å². The van der Waals surface area contributed by atoms with E-state index in [1.807, 2.05) is 31.2 Å². The molecule has 1 atom stereocenters. The predicted molar refractivity (Wildman–Crippen MR) is 100 cm³/mol. The smallest absolute Gasteiger partial charge is 0.258 e. The van der Waals surface area contributed by atoms with Gasteiger partial charge in [0.15, 0.2) is 18.1 Å². The van der Waals surface area contributed by atoms with Gasteiger partial charge in [-0.15, -0.1) is 0 Å². The monoisotopic (exact) mass is 355 g/mol. The fraction of sp³-hybridized carbons (Fsp3) is 0.381. The highest BCUT2D eigenvalue weighted by Gasteiger charge is 2.22. The molecule has 1 aliphatic carbocycles. The normalized spacial score (nSPS) is 15.7. The standard InChI is InChI=1S/C21H25NO4/c1-14-11-18(24-2)21(19(12-14)25-3)26-13-20(23)22-17-10-6-8-15-7-4-5-9-16(15)17/h4-5,7,9,11-12,17H,6,8,10,13H2,1-3H3,(H,22,23)/t17-/m1/s1. The van der Waals surface area contributed by atoms with Crippen molar-refractivity contribution in [3.05, 3.63) is 53.1 Å². The first-order valence-electron chi connectivity index (χ1n) is 8.85. The summed E-state index contributed by atoms with van der Waals surface area (Å²) in [4.78, 5) is 12.4. The lowest BCUT2D eigenvalue weighted by atomic mass is 9.88. The van der Waals surface area contributed by atoms with Crippen molar-refractivity contribution in [2.45, 2.75) is 32.2 Å². The fourth-order valence-electron chi connectivity index (χ4n) is 3.43. The van der Waals surface area contributed by atoms with Crippen LogP contribution in [0.2, 0.25) is 0 Å². The van der Waals surface area contributed by atoms with Gasteiger partial charge in [0.25, 0.3) is 5.91 Å². The van der Waals surface area contributed by atoms with Crippen molar-refractivity contribution in [2.24, 2.45) is 0 Å². The van der Waals surface area contributed by atoms with Crippen LogP contribution in [0.15, 0.2) is 36.4 Å². The summed E-state index contributed by atoms with van der Waals surface area (Å²) in [5.74, 6) is 1.39. The molecule has 0 saturated heterocycles. The molecule has 0 heterocycles. The Hall–Kier alpha value is -2.69. The van der Waals surface area contributed by atoms with Crippen molar-refractivity contribution < 1.29 is 19.0 Å². The van der Waals surface area contributed by atoms with Gasteiger partial charge in [0.2, 0.25) is 5.75 Å². The quantitative estimate of drug-likeness (QED) is 0.860. The number of nitrogens with one attached hydrogen (secondary N) is 1. The van der Waals surface area contributed by atoms with E-state index < -0.39 is 0 Å². The molecule has 2 aromatic rings. The van der Waals surface area contributed by atoms with Gasteiger partial charge in [0.1, 0.15) is 0 Å². The lowest BCUT2D eigenvalue weighted by molar-refractivity contribution is -0.124. The Morgan fingerprint density at radius 3 is 2.54 bits per heavy atom. The molecular formula is C21H25NO4. The molecule has 138 valence electrons. The van der Waals surface area contributed by atoms with Crippen LogP contribution in [0.4, 0.5) is 0 Å². The van der Waals surface area contributed by atoms with E-state index in [0.29, 0.717) is 17.2 Å². The molecule has 3 rings (SSSR count). The van der Waals surface area contributed by atoms with E-state index in [-0.39, 0.29) is 18.6 Å². The number of carbonyl (C=O) groups is 1. The molecule has 0 fully saturated rings. The van der Waals surface area contributed by atoms with Gasteiger partial charge in [-0.1, -0.05) is 24.3 Å². The molecule has 5 heteroatoms. The van der Waals surface area contributed by atoms with Gasteiger partial charge in [0.05, 0.1) is 20.3 Å². The van der Waals surface area contributed by atoms with Crippen LogP contribution in [0.5, 0.6) is 17.2 Å². The third kappa shape index (κ3) is 3.93. The number of aryl methyl sites for hydroxylation is 2. The van der Waals surface area contributed by atoms with Gasteiger partial charge in [-0.2, -0.15) is 0 Å². The van der Waals surface area contributed by atoms with Crippen molar-refractivity contribution in [3.8, 4) is 17.2 Å². The van der Waals surface area contributed by atoms with Gasteiger partial charge in [0, 0.05) is 0 Å². The van der Waals surface area contributed by atoms with E-state index >= 15 is 0 Å². The number of amides is 1. The van der Waals surface area contributed by atoms with Gasteiger partial charge in [-0.3, -0.25) is 4.79 Å². The minimum atomic E-state index is -0.156. The molecule has 0 unspecified atom stereocenters. The summed E-state index contributed by atoms with van der Waals surface area (Å²) >= 11 is 0. The molecule has 26 heavy (non-hydrogen) atoms. The van der Waals surface area contributed by atoms with Crippen LogP contribution >= 0.6 is 0 Å². The Morgan fingerprint density at radius 1 is 1.15 bits per heavy atom. The Kier molecular flexibility index (Phi) is 5.66. The molecule has 1 aliphatic rings. The first-order valence-corrected chi connectivity index (χ1v) is 8.85. The number of ether oxygens (including phenoxy) is 3. The van der Waals surface area contributed by atoms with Crippen molar-refractivity contribution in [1.29, 1.82) is 0 Å². The summed E-state index contributed by atoms with van der Waals surface area (Å²) in [7, 11) is 3.14. The maximum atomic E-state index is 12.4. The first kappa shape index (κ1) is 18.1. The lowest BCUT2D eigenvalue weighted by Gasteiger charge is -2.26. The first-order chi connectivity index (χ1) is 12.6. The second-order valence-electron chi connectivity index (χ2n) is 6.50. The maximum absolute atomic E-state index is 12.4. The largest absolute Gasteiger partial charge is 0.493 e. The van der Waals surface area contributed by atoms with Crippen LogP contribution in [0.1, 0.15) is 35.6 Å². The highest BCUT2D eigenvalue weighted by molar-refractivity contribution is 5.78. The van der Waals surface area contributed by atoms with E-state index in [4.69, 9.17) is 14.2 Å².